The molecule has 0 saturated carbocycles. The van der Waals surface area contributed by atoms with Gasteiger partial charge in [0.05, 0.1) is 17.5 Å². The second-order valence-electron chi connectivity index (χ2n) is 5.85. The molecule has 0 heterocycles. The average Bonchev–Trinajstić information content (AvgIpc) is 2.53. The number of benzene rings is 2. The molecular formula is C17H16F3N3O5S. The van der Waals surface area contributed by atoms with Crippen molar-refractivity contribution in [1.82, 2.24) is 0 Å². The summed E-state index contributed by atoms with van der Waals surface area (Å²) in [6.45, 7) is 1.24. The number of amides is 2. The van der Waals surface area contributed by atoms with Gasteiger partial charge in [-0.3, -0.25) is 14.3 Å². The van der Waals surface area contributed by atoms with Crippen molar-refractivity contribution in [3.8, 4) is 5.75 Å². The number of anilines is 3. The summed E-state index contributed by atoms with van der Waals surface area (Å²) in [7, 11) is -3.73. The van der Waals surface area contributed by atoms with E-state index in [2.05, 4.69) is 20.1 Å². The number of ether oxygens (including phenoxy) is 1. The molecule has 0 aliphatic heterocycles. The number of hydrogen-bond acceptors (Lipinski definition) is 5. The molecule has 0 unspecified atom stereocenters. The fourth-order valence-electron chi connectivity index (χ4n) is 2.27. The standard InChI is InChI=1S/C17H16F3N3O5S/c1-10(24)21-12-6-7-15(23-29(2,26)27)14(9-12)16(25)22-11-4-3-5-13(8-11)28-17(18,19)20/h3-9,23H,1-2H3,(H,21,24)(H,22,25). The summed E-state index contributed by atoms with van der Waals surface area (Å²) in [6, 6.07) is 8.43. The molecule has 0 saturated heterocycles. The van der Waals surface area contributed by atoms with Crippen LogP contribution < -0.4 is 20.1 Å². The van der Waals surface area contributed by atoms with Gasteiger partial charge in [0.1, 0.15) is 5.75 Å². The molecule has 0 aromatic heterocycles. The van der Waals surface area contributed by atoms with Crippen molar-refractivity contribution in [2.45, 2.75) is 13.3 Å². The molecule has 0 bridgehead atoms. The smallest absolute Gasteiger partial charge is 0.406 e. The van der Waals surface area contributed by atoms with Gasteiger partial charge in [-0.25, -0.2) is 8.42 Å². The van der Waals surface area contributed by atoms with Crippen molar-refractivity contribution < 1.29 is 35.9 Å². The van der Waals surface area contributed by atoms with E-state index in [1.807, 2.05) is 0 Å². The third-order valence-corrected chi connectivity index (χ3v) is 3.80. The number of carbonyl (C=O) groups is 2. The van der Waals surface area contributed by atoms with Crippen LogP contribution in [-0.4, -0.2) is 32.9 Å². The number of nitrogens with one attached hydrogen (secondary N) is 3. The Labute approximate surface area is 164 Å². The summed E-state index contributed by atoms with van der Waals surface area (Å²) in [5, 5.41) is 4.80. The molecule has 156 valence electrons. The second kappa shape index (κ2) is 8.39. The Kier molecular flexibility index (Phi) is 6.37. The van der Waals surface area contributed by atoms with Crippen LogP contribution in [0.1, 0.15) is 17.3 Å². The number of alkyl halides is 3. The van der Waals surface area contributed by atoms with E-state index in [0.717, 1.165) is 18.4 Å². The van der Waals surface area contributed by atoms with Gasteiger partial charge in [0.2, 0.25) is 15.9 Å². The van der Waals surface area contributed by atoms with Crippen LogP contribution in [0.3, 0.4) is 0 Å². The lowest BCUT2D eigenvalue weighted by Crippen LogP contribution is -2.19. The molecule has 0 spiro atoms. The van der Waals surface area contributed by atoms with E-state index in [1.165, 1.54) is 37.3 Å². The molecule has 12 heteroatoms. The van der Waals surface area contributed by atoms with E-state index in [9.17, 15) is 31.2 Å². The lowest BCUT2D eigenvalue weighted by molar-refractivity contribution is -0.274. The first-order chi connectivity index (χ1) is 13.3. The Hall–Kier alpha value is -3.28. The topological polar surface area (TPSA) is 114 Å². The predicted molar refractivity (Wildman–Crippen MR) is 100 cm³/mol. The summed E-state index contributed by atoms with van der Waals surface area (Å²) in [4.78, 5) is 23.9. The highest BCUT2D eigenvalue weighted by Crippen LogP contribution is 2.27. The van der Waals surface area contributed by atoms with Crippen molar-refractivity contribution in [1.29, 1.82) is 0 Å². The van der Waals surface area contributed by atoms with Gasteiger partial charge >= 0.3 is 6.36 Å². The Morgan fingerprint density at radius 3 is 2.24 bits per heavy atom. The zero-order valence-corrected chi connectivity index (χ0v) is 15.9. The van der Waals surface area contributed by atoms with Gasteiger partial charge in [0.15, 0.2) is 0 Å². The largest absolute Gasteiger partial charge is 0.573 e. The molecule has 2 amide bonds. The van der Waals surface area contributed by atoms with Gasteiger partial charge in [-0.05, 0) is 30.3 Å². The van der Waals surface area contributed by atoms with Crippen LogP contribution >= 0.6 is 0 Å². The summed E-state index contributed by atoms with van der Waals surface area (Å²) in [5.41, 5.74) is -0.0477. The van der Waals surface area contributed by atoms with Gasteiger partial charge in [-0.2, -0.15) is 0 Å². The van der Waals surface area contributed by atoms with Crippen LogP contribution in [0.15, 0.2) is 42.5 Å². The maximum Gasteiger partial charge on any atom is 0.573 e. The van der Waals surface area contributed by atoms with Crippen molar-refractivity contribution in [2.75, 3.05) is 21.6 Å². The van der Waals surface area contributed by atoms with E-state index in [-0.39, 0.29) is 22.6 Å². The summed E-state index contributed by atoms with van der Waals surface area (Å²) >= 11 is 0. The minimum Gasteiger partial charge on any atom is -0.406 e. The fraction of sp³-hybridized carbons (Fsp3) is 0.176. The van der Waals surface area contributed by atoms with Crippen molar-refractivity contribution in [3.63, 3.8) is 0 Å². The molecule has 0 aliphatic rings. The monoisotopic (exact) mass is 431 g/mol. The minimum absolute atomic E-state index is 0.0213. The van der Waals surface area contributed by atoms with Gasteiger partial charge in [-0.15, -0.1) is 13.2 Å². The third-order valence-electron chi connectivity index (χ3n) is 3.21. The molecule has 0 fully saturated rings. The number of hydrogen-bond donors (Lipinski definition) is 3. The van der Waals surface area contributed by atoms with Crippen LogP contribution in [0.5, 0.6) is 5.75 Å². The summed E-state index contributed by atoms with van der Waals surface area (Å²) in [6.07, 6.45) is -4.02. The molecular weight excluding hydrogens is 415 g/mol. The Morgan fingerprint density at radius 2 is 1.66 bits per heavy atom. The first-order valence-electron chi connectivity index (χ1n) is 7.89. The highest BCUT2D eigenvalue weighted by Gasteiger charge is 2.31. The van der Waals surface area contributed by atoms with Crippen LogP contribution in [-0.2, 0) is 14.8 Å². The molecule has 0 aliphatic carbocycles. The molecule has 3 N–H and O–H groups in total. The minimum atomic E-state index is -4.90. The number of rotatable bonds is 6. The van der Waals surface area contributed by atoms with E-state index in [0.29, 0.717) is 0 Å². The van der Waals surface area contributed by atoms with Gasteiger partial charge < -0.3 is 15.4 Å². The quantitative estimate of drug-likeness (QED) is 0.650. The lowest BCUT2D eigenvalue weighted by atomic mass is 10.1. The molecule has 8 nitrogen and oxygen atoms in total. The van der Waals surface area contributed by atoms with E-state index < -0.39 is 33.9 Å². The third kappa shape index (κ3) is 7.33. The van der Waals surface area contributed by atoms with E-state index in [4.69, 9.17) is 0 Å². The molecule has 0 radical (unpaired) electrons. The highest BCUT2D eigenvalue weighted by molar-refractivity contribution is 7.92. The second-order valence-corrected chi connectivity index (χ2v) is 7.59. The first kappa shape index (κ1) is 22.0. The Balaban J connectivity index is 2.35. The summed E-state index contributed by atoms with van der Waals surface area (Å²) in [5.74, 6) is -1.79. The number of halogens is 3. The van der Waals surface area contributed by atoms with E-state index in [1.54, 1.807) is 0 Å². The van der Waals surface area contributed by atoms with Crippen molar-refractivity contribution >= 4 is 38.9 Å². The molecule has 2 aromatic rings. The zero-order chi connectivity index (χ0) is 21.8. The Morgan fingerprint density at radius 1 is 1.00 bits per heavy atom. The van der Waals surface area contributed by atoms with Crippen LogP contribution in [0.25, 0.3) is 0 Å². The maximum atomic E-state index is 12.6. The van der Waals surface area contributed by atoms with Crippen LogP contribution in [0.4, 0.5) is 30.2 Å². The Bertz CT molecular complexity index is 1040. The molecule has 2 aromatic carbocycles. The molecule has 29 heavy (non-hydrogen) atoms. The van der Waals surface area contributed by atoms with E-state index >= 15 is 0 Å². The first-order valence-corrected chi connectivity index (χ1v) is 9.78. The van der Waals surface area contributed by atoms with Gasteiger partial charge in [0, 0.05) is 24.4 Å². The average molecular weight is 431 g/mol. The molecule has 2 rings (SSSR count). The van der Waals surface area contributed by atoms with Crippen molar-refractivity contribution in [3.05, 3.63) is 48.0 Å². The summed E-state index contributed by atoms with van der Waals surface area (Å²) < 4.78 is 66.1. The van der Waals surface area contributed by atoms with Gasteiger partial charge in [0.25, 0.3) is 5.91 Å². The van der Waals surface area contributed by atoms with Crippen LogP contribution in [0, 0.1) is 0 Å². The van der Waals surface area contributed by atoms with Gasteiger partial charge in [-0.1, -0.05) is 6.07 Å². The predicted octanol–water partition coefficient (Wildman–Crippen LogP) is 3.17. The number of sulfonamides is 1. The SMILES string of the molecule is CC(=O)Nc1ccc(NS(C)(=O)=O)c(C(=O)Nc2cccc(OC(F)(F)F)c2)c1. The maximum absolute atomic E-state index is 12.6. The van der Waals surface area contributed by atoms with Crippen LogP contribution in [0.2, 0.25) is 0 Å². The number of carbonyl (C=O) groups excluding carboxylic acids is 2. The zero-order valence-electron chi connectivity index (χ0n) is 15.1. The lowest BCUT2D eigenvalue weighted by Gasteiger charge is -2.14. The normalized spacial score (nSPS) is 11.5. The van der Waals surface area contributed by atoms with Crippen molar-refractivity contribution in [2.24, 2.45) is 0 Å². The fourth-order valence-corrected chi connectivity index (χ4v) is 2.85. The molecule has 0 atom stereocenters. The highest BCUT2D eigenvalue weighted by atomic mass is 32.2.